The number of carbonyl (C=O) groups excluding carboxylic acids is 1. The summed E-state index contributed by atoms with van der Waals surface area (Å²) in [7, 11) is 0. The first-order valence-corrected chi connectivity index (χ1v) is 10.2. The Bertz CT molecular complexity index is 1020. The predicted molar refractivity (Wildman–Crippen MR) is 113 cm³/mol. The molecule has 2 aliphatic rings. The van der Waals surface area contributed by atoms with Crippen molar-refractivity contribution in [3.8, 4) is 0 Å². The summed E-state index contributed by atoms with van der Waals surface area (Å²) in [5.74, 6) is -0.113. The number of halogens is 1. The van der Waals surface area contributed by atoms with Gasteiger partial charge in [-0.25, -0.2) is 4.39 Å². The zero-order valence-electron chi connectivity index (χ0n) is 16.3. The smallest absolute Gasteiger partial charge is 0.230 e. The number of fused-ring (bicyclic) bond motifs is 2. The van der Waals surface area contributed by atoms with Gasteiger partial charge in [-0.1, -0.05) is 18.2 Å². The Balaban J connectivity index is 1.38. The predicted octanol–water partition coefficient (Wildman–Crippen LogP) is 4.44. The number of benzene rings is 2. The largest absolute Gasteiger partial charge is 0.371 e. The van der Waals surface area contributed by atoms with Crippen molar-refractivity contribution in [3.63, 3.8) is 0 Å². The van der Waals surface area contributed by atoms with E-state index in [2.05, 4.69) is 33.7 Å². The third-order valence-electron chi connectivity index (χ3n) is 6.15. The van der Waals surface area contributed by atoms with E-state index in [4.69, 9.17) is 0 Å². The number of carbonyl (C=O) groups is 1. The standard InChI is InChI=1S/C24H24FN3O/c25-20-8-9-23-19(15-20)16-27-12-4-7-22(27)17-28(23)24(29)18-10-13-26(14-11-18)21-5-2-1-3-6-21/h1-9,12,15,18H,10-11,13-14,16-17H2. The van der Waals surface area contributed by atoms with E-state index in [9.17, 15) is 9.18 Å². The molecule has 0 radical (unpaired) electrons. The van der Waals surface area contributed by atoms with Gasteiger partial charge in [0, 0.05) is 48.8 Å². The average Bonchev–Trinajstić information content (AvgIpc) is 3.13. The fourth-order valence-corrected chi connectivity index (χ4v) is 4.56. The molecule has 29 heavy (non-hydrogen) atoms. The highest BCUT2D eigenvalue weighted by Crippen LogP contribution is 2.32. The van der Waals surface area contributed by atoms with Gasteiger partial charge in [0.2, 0.25) is 5.91 Å². The van der Waals surface area contributed by atoms with E-state index in [1.807, 2.05) is 29.3 Å². The third kappa shape index (κ3) is 3.41. The van der Waals surface area contributed by atoms with Crippen LogP contribution >= 0.6 is 0 Å². The average molecular weight is 389 g/mol. The second-order valence-corrected chi connectivity index (χ2v) is 7.92. The minimum Gasteiger partial charge on any atom is -0.371 e. The lowest BCUT2D eigenvalue weighted by Crippen LogP contribution is -2.42. The number of nitrogens with zero attached hydrogens (tertiary/aromatic N) is 3. The minimum atomic E-state index is -0.261. The lowest BCUT2D eigenvalue weighted by molar-refractivity contribution is -0.123. The van der Waals surface area contributed by atoms with Gasteiger partial charge in [0.05, 0.1) is 6.54 Å². The van der Waals surface area contributed by atoms with Crippen LogP contribution in [0, 0.1) is 11.7 Å². The van der Waals surface area contributed by atoms with Crippen LogP contribution in [0.15, 0.2) is 66.9 Å². The van der Waals surface area contributed by atoms with E-state index in [-0.39, 0.29) is 17.6 Å². The first kappa shape index (κ1) is 18.0. The van der Waals surface area contributed by atoms with Crippen molar-refractivity contribution in [2.24, 2.45) is 5.92 Å². The first-order chi connectivity index (χ1) is 14.2. The van der Waals surface area contributed by atoms with Gasteiger partial charge in [0.15, 0.2) is 0 Å². The summed E-state index contributed by atoms with van der Waals surface area (Å²) in [5.41, 5.74) is 3.99. The summed E-state index contributed by atoms with van der Waals surface area (Å²) in [6, 6.07) is 19.2. The fraction of sp³-hybridized carbons (Fsp3) is 0.292. The van der Waals surface area contributed by atoms with Gasteiger partial charge in [-0.2, -0.15) is 0 Å². The highest BCUT2D eigenvalue weighted by Gasteiger charge is 2.32. The monoisotopic (exact) mass is 389 g/mol. The molecule has 148 valence electrons. The van der Waals surface area contributed by atoms with Crippen molar-refractivity contribution in [1.29, 1.82) is 0 Å². The third-order valence-corrected chi connectivity index (χ3v) is 6.15. The van der Waals surface area contributed by atoms with Crippen LogP contribution in [0.1, 0.15) is 24.1 Å². The van der Waals surface area contributed by atoms with Gasteiger partial charge >= 0.3 is 0 Å². The number of anilines is 2. The molecular formula is C24H24FN3O. The molecule has 4 nitrogen and oxygen atoms in total. The lowest BCUT2D eigenvalue weighted by atomic mass is 9.94. The van der Waals surface area contributed by atoms with Gasteiger partial charge in [0.1, 0.15) is 5.82 Å². The highest BCUT2D eigenvalue weighted by molar-refractivity contribution is 5.96. The SMILES string of the molecule is O=C(C1CCN(c2ccccc2)CC1)N1Cc2cccn2Cc2cc(F)ccc21. The molecule has 1 aromatic heterocycles. The maximum atomic E-state index is 13.9. The van der Waals surface area contributed by atoms with Crippen molar-refractivity contribution in [1.82, 2.24) is 4.57 Å². The topological polar surface area (TPSA) is 28.5 Å². The molecule has 5 heteroatoms. The Labute approximate surface area is 170 Å². The van der Waals surface area contributed by atoms with E-state index in [0.29, 0.717) is 13.1 Å². The number of rotatable bonds is 2. The van der Waals surface area contributed by atoms with Crippen LogP contribution in [0.5, 0.6) is 0 Å². The van der Waals surface area contributed by atoms with E-state index < -0.39 is 0 Å². The molecule has 1 fully saturated rings. The number of para-hydroxylation sites is 1. The van der Waals surface area contributed by atoms with Crippen LogP contribution in [-0.4, -0.2) is 23.6 Å². The van der Waals surface area contributed by atoms with Crippen molar-refractivity contribution in [2.75, 3.05) is 22.9 Å². The molecule has 0 aliphatic carbocycles. The zero-order chi connectivity index (χ0) is 19.8. The summed E-state index contributed by atoms with van der Waals surface area (Å²) in [5, 5.41) is 0. The molecule has 5 rings (SSSR count). The van der Waals surface area contributed by atoms with Crippen molar-refractivity contribution in [3.05, 3.63) is 83.9 Å². The Morgan fingerprint density at radius 1 is 0.931 bits per heavy atom. The van der Waals surface area contributed by atoms with E-state index in [1.165, 1.54) is 11.8 Å². The molecule has 3 aromatic rings. The Morgan fingerprint density at radius 3 is 2.52 bits per heavy atom. The molecule has 1 amide bonds. The van der Waals surface area contributed by atoms with Crippen molar-refractivity contribution in [2.45, 2.75) is 25.9 Å². The van der Waals surface area contributed by atoms with Gasteiger partial charge in [0.25, 0.3) is 0 Å². The van der Waals surface area contributed by atoms with E-state index >= 15 is 0 Å². The molecule has 0 unspecified atom stereocenters. The number of amides is 1. The maximum absolute atomic E-state index is 13.9. The zero-order valence-corrected chi connectivity index (χ0v) is 16.3. The van der Waals surface area contributed by atoms with Crippen molar-refractivity contribution < 1.29 is 9.18 Å². The minimum absolute atomic E-state index is 0.00521. The number of hydrogen-bond acceptors (Lipinski definition) is 2. The quantitative estimate of drug-likeness (QED) is 0.648. The fourth-order valence-electron chi connectivity index (χ4n) is 4.56. The number of piperidine rings is 1. The Kier molecular flexibility index (Phi) is 4.58. The molecule has 2 aliphatic heterocycles. The second-order valence-electron chi connectivity index (χ2n) is 7.92. The van der Waals surface area contributed by atoms with Gasteiger partial charge in [-0.15, -0.1) is 0 Å². The number of aromatic nitrogens is 1. The van der Waals surface area contributed by atoms with Gasteiger partial charge in [-0.3, -0.25) is 4.79 Å². The molecule has 0 bridgehead atoms. The Morgan fingerprint density at radius 2 is 1.72 bits per heavy atom. The molecule has 0 spiro atoms. The summed E-state index contributed by atoms with van der Waals surface area (Å²) < 4.78 is 16.0. The van der Waals surface area contributed by atoms with Gasteiger partial charge < -0.3 is 14.4 Å². The van der Waals surface area contributed by atoms with Crippen LogP contribution in [0.4, 0.5) is 15.8 Å². The molecule has 0 N–H and O–H groups in total. The van der Waals surface area contributed by atoms with Crippen molar-refractivity contribution >= 4 is 17.3 Å². The summed E-state index contributed by atoms with van der Waals surface area (Å²) in [6.45, 7) is 2.87. The maximum Gasteiger partial charge on any atom is 0.230 e. The molecule has 3 heterocycles. The summed E-state index contributed by atoms with van der Waals surface area (Å²) in [6.07, 6.45) is 3.67. The van der Waals surface area contributed by atoms with Crippen LogP contribution in [0.2, 0.25) is 0 Å². The van der Waals surface area contributed by atoms with Crippen LogP contribution < -0.4 is 9.80 Å². The molecule has 1 saturated heterocycles. The lowest BCUT2D eigenvalue weighted by Gasteiger charge is -2.35. The molecule has 2 aromatic carbocycles. The van der Waals surface area contributed by atoms with E-state index in [0.717, 1.165) is 42.9 Å². The summed E-state index contributed by atoms with van der Waals surface area (Å²) in [4.78, 5) is 17.8. The van der Waals surface area contributed by atoms with Crippen LogP contribution in [-0.2, 0) is 17.9 Å². The summed E-state index contributed by atoms with van der Waals surface area (Å²) >= 11 is 0. The molecule has 0 atom stereocenters. The highest BCUT2D eigenvalue weighted by atomic mass is 19.1. The molecule has 0 saturated carbocycles. The van der Waals surface area contributed by atoms with Crippen LogP contribution in [0.3, 0.4) is 0 Å². The first-order valence-electron chi connectivity index (χ1n) is 10.2. The molecular weight excluding hydrogens is 365 g/mol. The second kappa shape index (κ2) is 7.39. The normalized spacial score (nSPS) is 16.9. The van der Waals surface area contributed by atoms with Crippen LogP contribution in [0.25, 0.3) is 0 Å². The van der Waals surface area contributed by atoms with E-state index in [1.54, 1.807) is 12.1 Å². The Hall–Kier alpha value is -3.08. The van der Waals surface area contributed by atoms with Gasteiger partial charge in [-0.05, 0) is 60.9 Å². The number of hydrogen-bond donors (Lipinski definition) is 0.